The minimum atomic E-state index is 0. The van der Waals surface area contributed by atoms with Crippen LogP contribution in [0, 0.1) is 5.92 Å². The van der Waals surface area contributed by atoms with E-state index < -0.39 is 0 Å². The van der Waals surface area contributed by atoms with E-state index in [4.69, 9.17) is 4.74 Å². The fourth-order valence-electron chi connectivity index (χ4n) is 3.14. The fourth-order valence-corrected chi connectivity index (χ4v) is 3.14. The molecule has 2 aliphatic rings. The third-order valence-corrected chi connectivity index (χ3v) is 4.29. The molecule has 3 rings (SSSR count). The highest BCUT2D eigenvalue weighted by Crippen LogP contribution is 2.30. The first-order chi connectivity index (χ1) is 8.93. The molecule has 1 N–H and O–H groups in total. The van der Waals surface area contributed by atoms with E-state index in [1.165, 1.54) is 49.7 Å². The molecule has 1 heterocycles. The Morgan fingerprint density at radius 2 is 1.89 bits per heavy atom. The molecule has 1 aromatic carbocycles. The summed E-state index contributed by atoms with van der Waals surface area (Å²) in [5.41, 5.74) is 3.00. The van der Waals surface area contributed by atoms with E-state index in [1.54, 1.807) is 0 Å². The number of fused-ring (bicyclic) bond motifs is 1. The van der Waals surface area contributed by atoms with E-state index in [0.717, 1.165) is 31.4 Å². The standard InChI is InChI=1S/C16H23NO.ClH/c1-2-6-15-14(4-1)5-3-7-16(15)18-12-13-8-10-17-11-9-13;/h3,5,7,13,17H,1-2,4,6,8-12H2;1H/p-1. The van der Waals surface area contributed by atoms with Gasteiger partial charge in [-0.1, -0.05) is 12.1 Å². The molecule has 19 heavy (non-hydrogen) atoms. The maximum absolute atomic E-state index is 6.12. The van der Waals surface area contributed by atoms with Crippen LogP contribution in [-0.4, -0.2) is 19.7 Å². The lowest BCUT2D eigenvalue weighted by Gasteiger charge is -2.24. The summed E-state index contributed by atoms with van der Waals surface area (Å²) in [4.78, 5) is 0. The Morgan fingerprint density at radius 1 is 1.11 bits per heavy atom. The van der Waals surface area contributed by atoms with Crippen LogP contribution in [0.2, 0.25) is 0 Å². The normalized spacial score (nSPS) is 19.4. The molecule has 0 unspecified atom stereocenters. The van der Waals surface area contributed by atoms with Gasteiger partial charge in [0.05, 0.1) is 6.61 Å². The summed E-state index contributed by atoms with van der Waals surface area (Å²) in [6.07, 6.45) is 7.62. The molecule has 106 valence electrons. The number of piperidine rings is 1. The van der Waals surface area contributed by atoms with Gasteiger partial charge in [-0.05, 0) is 74.7 Å². The summed E-state index contributed by atoms with van der Waals surface area (Å²) >= 11 is 0. The van der Waals surface area contributed by atoms with Gasteiger partial charge in [-0.3, -0.25) is 0 Å². The Labute approximate surface area is 122 Å². The van der Waals surface area contributed by atoms with Crippen LogP contribution in [0.4, 0.5) is 0 Å². The molecule has 3 heteroatoms. The lowest BCUT2D eigenvalue weighted by molar-refractivity contribution is -0.00000411. The quantitative estimate of drug-likeness (QED) is 0.838. The Balaban J connectivity index is 0.00000133. The summed E-state index contributed by atoms with van der Waals surface area (Å²) in [5.74, 6) is 1.90. The zero-order valence-electron chi connectivity index (χ0n) is 11.5. The van der Waals surface area contributed by atoms with E-state index in [0.29, 0.717) is 0 Å². The van der Waals surface area contributed by atoms with Gasteiger partial charge in [0.1, 0.15) is 5.75 Å². The first kappa shape index (κ1) is 14.7. The van der Waals surface area contributed by atoms with Crippen molar-refractivity contribution in [2.24, 2.45) is 5.92 Å². The molecule has 0 bridgehead atoms. The molecular formula is C16H23ClNO-. The van der Waals surface area contributed by atoms with E-state index in [9.17, 15) is 0 Å². The Hall–Kier alpha value is -0.730. The van der Waals surface area contributed by atoms with Crippen molar-refractivity contribution >= 4 is 0 Å². The number of hydrogen-bond donors (Lipinski definition) is 1. The first-order valence-corrected chi connectivity index (χ1v) is 7.38. The summed E-state index contributed by atoms with van der Waals surface area (Å²) in [7, 11) is 0. The molecule has 0 spiro atoms. The average Bonchev–Trinajstić information content (AvgIpc) is 2.46. The lowest BCUT2D eigenvalue weighted by Crippen LogP contribution is -3.00. The van der Waals surface area contributed by atoms with E-state index in [2.05, 4.69) is 23.5 Å². The highest BCUT2D eigenvalue weighted by Gasteiger charge is 2.17. The van der Waals surface area contributed by atoms with Crippen LogP contribution >= 0.6 is 0 Å². The highest BCUT2D eigenvalue weighted by molar-refractivity contribution is 5.41. The van der Waals surface area contributed by atoms with Gasteiger partial charge < -0.3 is 22.5 Å². The Bertz CT molecular complexity index is 402. The monoisotopic (exact) mass is 280 g/mol. The number of benzene rings is 1. The molecule has 1 saturated heterocycles. The molecule has 1 aromatic rings. The number of nitrogens with one attached hydrogen (secondary N) is 1. The number of ether oxygens (including phenoxy) is 1. The minimum absolute atomic E-state index is 0. The summed E-state index contributed by atoms with van der Waals surface area (Å²) < 4.78 is 6.12. The average molecular weight is 281 g/mol. The topological polar surface area (TPSA) is 21.3 Å². The predicted octanol–water partition coefficient (Wildman–Crippen LogP) is -0.0522. The van der Waals surface area contributed by atoms with Crippen LogP contribution in [0.25, 0.3) is 0 Å². The van der Waals surface area contributed by atoms with Crippen molar-refractivity contribution in [2.75, 3.05) is 19.7 Å². The number of halogens is 1. The van der Waals surface area contributed by atoms with Crippen LogP contribution in [-0.2, 0) is 12.8 Å². The summed E-state index contributed by atoms with van der Waals surface area (Å²) in [6, 6.07) is 6.58. The molecule has 1 aliphatic heterocycles. The van der Waals surface area contributed by atoms with Crippen molar-refractivity contribution in [3.8, 4) is 5.75 Å². The second-order valence-electron chi connectivity index (χ2n) is 5.61. The predicted molar refractivity (Wildman–Crippen MR) is 74.2 cm³/mol. The van der Waals surface area contributed by atoms with Crippen molar-refractivity contribution in [1.82, 2.24) is 5.32 Å². The first-order valence-electron chi connectivity index (χ1n) is 7.38. The lowest BCUT2D eigenvalue weighted by atomic mass is 9.91. The third kappa shape index (κ3) is 3.64. The molecular weight excluding hydrogens is 258 g/mol. The molecule has 0 atom stereocenters. The molecule has 2 nitrogen and oxygen atoms in total. The second-order valence-corrected chi connectivity index (χ2v) is 5.61. The zero-order valence-corrected chi connectivity index (χ0v) is 12.2. The molecule has 0 amide bonds. The molecule has 1 aliphatic carbocycles. The molecule has 1 fully saturated rings. The maximum atomic E-state index is 6.12. The van der Waals surface area contributed by atoms with E-state index in [1.807, 2.05) is 0 Å². The van der Waals surface area contributed by atoms with E-state index in [-0.39, 0.29) is 12.4 Å². The van der Waals surface area contributed by atoms with Crippen LogP contribution in [0.5, 0.6) is 5.75 Å². The van der Waals surface area contributed by atoms with Gasteiger partial charge in [0, 0.05) is 0 Å². The van der Waals surface area contributed by atoms with Crippen LogP contribution < -0.4 is 22.5 Å². The van der Waals surface area contributed by atoms with Gasteiger partial charge in [0.15, 0.2) is 0 Å². The maximum Gasteiger partial charge on any atom is 0.122 e. The van der Waals surface area contributed by atoms with Crippen molar-refractivity contribution in [2.45, 2.75) is 38.5 Å². The SMILES string of the molecule is [Cl-].c1cc2c(c(OCC3CCNCC3)c1)CCCC2. The smallest absolute Gasteiger partial charge is 0.122 e. The van der Waals surface area contributed by atoms with Crippen molar-refractivity contribution in [3.05, 3.63) is 29.3 Å². The summed E-state index contributed by atoms with van der Waals surface area (Å²) in [5, 5.41) is 3.41. The number of hydrogen-bond acceptors (Lipinski definition) is 2. The van der Waals surface area contributed by atoms with Crippen LogP contribution in [0.1, 0.15) is 36.8 Å². The number of rotatable bonds is 3. The Morgan fingerprint density at radius 3 is 2.74 bits per heavy atom. The van der Waals surface area contributed by atoms with E-state index >= 15 is 0 Å². The highest BCUT2D eigenvalue weighted by atomic mass is 35.5. The Kier molecular flexibility index (Phi) is 5.53. The van der Waals surface area contributed by atoms with Gasteiger partial charge in [0.2, 0.25) is 0 Å². The van der Waals surface area contributed by atoms with Crippen LogP contribution in [0.15, 0.2) is 18.2 Å². The van der Waals surface area contributed by atoms with Crippen LogP contribution in [0.3, 0.4) is 0 Å². The van der Waals surface area contributed by atoms with Crippen molar-refractivity contribution in [1.29, 1.82) is 0 Å². The van der Waals surface area contributed by atoms with Crippen molar-refractivity contribution < 1.29 is 17.1 Å². The molecule has 0 aromatic heterocycles. The van der Waals surface area contributed by atoms with Gasteiger partial charge in [-0.25, -0.2) is 0 Å². The third-order valence-electron chi connectivity index (χ3n) is 4.29. The molecule has 0 radical (unpaired) electrons. The molecule has 0 saturated carbocycles. The van der Waals surface area contributed by atoms with Gasteiger partial charge in [-0.2, -0.15) is 0 Å². The second kappa shape index (κ2) is 7.16. The van der Waals surface area contributed by atoms with Gasteiger partial charge in [0.25, 0.3) is 0 Å². The van der Waals surface area contributed by atoms with Gasteiger partial charge >= 0.3 is 0 Å². The fraction of sp³-hybridized carbons (Fsp3) is 0.625. The zero-order chi connectivity index (χ0) is 12.2. The number of aryl methyl sites for hydroxylation is 1. The largest absolute Gasteiger partial charge is 1.00 e. The minimum Gasteiger partial charge on any atom is -1.00 e. The van der Waals surface area contributed by atoms with Gasteiger partial charge in [-0.15, -0.1) is 0 Å². The van der Waals surface area contributed by atoms with Crippen molar-refractivity contribution in [3.63, 3.8) is 0 Å². The summed E-state index contributed by atoms with van der Waals surface area (Å²) in [6.45, 7) is 3.21.